The molecule has 75 heavy (non-hydrogen) atoms. The minimum atomic E-state index is -0.261. The topological polar surface area (TPSA) is 33.5 Å². The van der Waals surface area contributed by atoms with Crippen molar-refractivity contribution in [1.29, 1.82) is 0 Å². The number of hydrogen-bond acceptors (Lipinski definition) is 4. The average molecular weight is 1160 g/mol. The minimum absolute atomic E-state index is 0. The van der Waals surface area contributed by atoms with Crippen LogP contribution in [-0.2, 0) is 37.3 Å². The summed E-state index contributed by atoms with van der Waals surface area (Å²) in [5, 5.41) is 2.20. The first-order valence-electron chi connectivity index (χ1n) is 25.9. The first-order chi connectivity index (χ1) is 35.6. The van der Waals surface area contributed by atoms with Crippen LogP contribution < -0.4 is 14.5 Å². The van der Waals surface area contributed by atoms with Gasteiger partial charge in [0.15, 0.2) is 0 Å². The number of rotatable bonds is 12. The maximum atomic E-state index is 6.82. The number of fused-ring (bicyclic) bond motifs is 3. The quantitative estimate of drug-likeness (QED) is 0.114. The van der Waals surface area contributed by atoms with Crippen molar-refractivity contribution in [3.8, 4) is 28.4 Å². The van der Waals surface area contributed by atoms with E-state index in [4.69, 9.17) is 9.72 Å². The Labute approximate surface area is 458 Å². The van der Waals surface area contributed by atoms with Gasteiger partial charge in [0.25, 0.3) is 0 Å². The Kier molecular flexibility index (Phi) is 13.8. The SMILES string of the molecule is CC(C)c1ccccc1C1=CN(c2[c-]c(Oc3[c-]c4c(cc3)c3cc(C(C)(C)c5ccccc5)ccc3n4-c3cc(C(C)(C)c4ccccc4)ccn3)ccc2)[CH-]N1c1cc(-c2ccccc2)cc(C(C)(C)C)c1.[Pt]. The molecule has 0 fully saturated rings. The van der Waals surface area contributed by atoms with Gasteiger partial charge in [0.05, 0.1) is 0 Å². The van der Waals surface area contributed by atoms with Gasteiger partial charge in [-0.15, -0.1) is 48.1 Å². The van der Waals surface area contributed by atoms with Gasteiger partial charge in [0.1, 0.15) is 5.82 Å². The summed E-state index contributed by atoms with van der Waals surface area (Å²) in [4.78, 5) is 9.56. The molecular formula is C69H63N4OPt-3. The molecule has 2 aromatic heterocycles. The standard InChI is InChI=1S/C69H63N4O.Pt/c1-47(2)59-30-19-20-31-60(59)65-45-71(46-72(65)56-39-49(48-22-13-10-14-23-48)38-54(40-56)67(3,4)5)55-28-21-29-57(43-55)74-58-33-34-61-62-41-52(68(6,7)50-24-15-11-16-25-50)32-35-63(62)73(64(61)44-58)66-42-53(36-37-70-66)69(8,9)51-26-17-12-18-27-51;/h10-42,45-47H,1-9H3;/q-3;. The Bertz CT molecular complexity index is 3700. The normalized spacial score (nSPS) is 13.1. The molecule has 0 unspecified atom stereocenters. The summed E-state index contributed by atoms with van der Waals surface area (Å²) < 4.78 is 9.06. The summed E-state index contributed by atoms with van der Waals surface area (Å²) in [6.07, 6.45) is 4.16. The number of ether oxygens (including phenoxy) is 1. The Morgan fingerprint density at radius 1 is 0.533 bits per heavy atom. The molecule has 378 valence electrons. The van der Waals surface area contributed by atoms with Crippen molar-refractivity contribution >= 4 is 38.9 Å². The Hall–Kier alpha value is -7.46. The molecule has 8 aromatic carbocycles. The monoisotopic (exact) mass is 1160 g/mol. The number of hydrogen-bond donors (Lipinski definition) is 0. The fourth-order valence-electron chi connectivity index (χ4n) is 10.5. The number of aromatic nitrogens is 2. The molecule has 6 heteroatoms. The van der Waals surface area contributed by atoms with Crippen LogP contribution in [0.5, 0.6) is 11.5 Å². The number of pyridine rings is 1. The molecule has 0 N–H and O–H groups in total. The smallest absolute Gasteiger partial charge is 0.135 e. The van der Waals surface area contributed by atoms with Crippen LogP contribution in [0.15, 0.2) is 207 Å². The largest absolute Gasteiger partial charge is 0.509 e. The second-order valence-corrected chi connectivity index (χ2v) is 22.1. The van der Waals surface area contributed by atoms with E-state index in [0.29, 0.717) is 17.4 Å². The molecule has 0 aliphatic carbocycles. The van der Waals surface area contributed by atoms with E-state index in [1.807, 2.05) is 24.4 Å². The summed E-state index contributed by atoms with van der Waals surface area (Å²) in [7, 11) is 0. The molecule has 1 aliphatic heterocycles. The van der Waals surface area contributed by atoms with E-state index in [2.05, 4.69) is 278 Å². The fraction of sp³-hybridized carbons (Fsp3) is 0.188. The average Bonchev–Trinajstić information content (AvgIpc) is 4.01. The second kappa shape index (κ2) is 20.3. The molecule has 1 aliphatic rings. The fourth-order valence-corrected chi connectivity index (χ4v) is 10.5. The van der Waals surface area contributed by atoms with Gasteiger partial charge in [-0.05, 0) is 97.8 Å². The van der Waals surface area contributed by atoms with E-state index < -0.39 is 0 Å². The third kappa shape index (κ3) is 9.87. The van der Waals surface area contributed by atoms with E-state index in [-0.39, 0.29) is 37.3 Å². The summed E-state index contributed by atoms with van der Waals surface area (Å²) in [6.45, 7) is 22.7. The van der Waals surface area contributed by atoms with Crippen LogP contribution in [0.1, 0.15) is 107 Å². The molecular weight excluding hydrogens is 1100 g/mol. The van der Waals surface area contributed by atoms with Gasteiger partial charge in [-0.25, -0.2) is 4.98 Å². The molecule has 0 amide bonds. The van der Waals surface area contributed by atoms with Crippen molar-refractivity contribution in [1.82, 2.24) is 9.55 Å². The predicted molar refractivity (Wildman–Crippen MR) is 308 cm³/mol. The van der Waals surface area contributed by atoms with Gasteiger partial charge in [-0.2, -0.15) is 12.1 Å². The molecule has 5 nitrogen and oxygen atoms in total. The van der Waals surface area contributed by atoms with E-state index in [1.54, 1.807) is 0 Å². The van der Waals surface area contributed by atoms with Crippen LogP contribution in [0.25, 0.3) is 44.4 Å². The van der Waals surface area contributed by atoms with Gasteiger partial charge in [-0.3, -0.25) is 0 Å². The number of nitrogens with zero attached hydrogens (tertiary/aromatic N) is 4. The van der Waals surface area contributed by atoms with Gasteiger partial charge in [-0.1, -0.05) is 201 Å². The molecule has 0 saturated heterocycles. The minimum Gasteiger partial charge on any atom is -0.509 e. The zero-order chi connectivity index (χ0) is 51.4. The molecule has 0 radical (unpaired) electrons. The van der Waals surface area contributed by atoms with E-state index in [0.717, 1.165) is 44.7 Å². The van der Waals surface area contributed by atoms with Gasteiger partial charge >= 0.3 is 0 Å². The molecule has 0 saturated carbocycles. The van der Waals surface area contributed by atoms with Gasteiger partial charge < -0.3 is 19.1 Å². The van der Waals surface area contributed by atoms with Gasteiger partial charge in [0, 0.05) is 72.1 Å². The number of anilines is 2. The van der Waals surface area contributed by atoms with Crippen LogP contribution in [0.4, 0.5) is 11.4 Å². The van der Waals surface area contributed by atoms with Crippen LogP contribution in [0.3, 0.4) is 0 Å². The Balaban J connectivity index is 0.00000641. The third-order valence-electron chi connectivity index (χ3n) is 15.1. The molecule has 0 bridgehead atoms. The molecule has 3 heterocycles. The zero-order valence-corrected chi connectivity index (χ0v) is 46.6. The van der Waals surface area contributed by atoms with E-state index >= 15 is 0 Å². The van der Waals surface area contributed by atoms with E-state index in [1.165, 1.54) is 50.1 Å². The van der Waals surface area contributed by atoms with Crippen LogP contribution in [0.2, 0.25) is 0 Å². The molecule has 10 aromatic rings. The van der Waals surface area contributed by atoms with Crippen molar-refractivity contribution in [2.45, 2.75) is 84.5 Å². The van der Waals surface area contributed by atoms with Crippen molar-refractivity contribution in [3.63, 3.8) is 0 Å². The van der Waals surface area contributed by atoms with E-state index in [9.17, 15) is 0 Å². The summed E-state index contributed by atoms with van der Waals surface area (Å²) in [6, 6.07) is 76.8. The summed E-state index contributed by atoms with van der Waals surface area (Å²) >= 11 is 0. The van der Waals surface area contributed by atoms with Gasteiger partial charge in [0.2, 0.25) is 0 Å². The molecule has 0 atom stereocenters. The summed E-state index contributed by atoms with van der Waals surface area (Å²) in [5.41, 5.74) is 15.4. The van der Waals surface area contributed by atoms with Crippen molar-refractivity contribution in [3.05, 3.63) is 264 Å². The predicted octanol–water partition coefficient (Wildman–Crippen LogP) is 17.8. The van der Waals surface area contributed by atoms with Crippen molar-refractivity contribution < 1.29 is 25.8 Å². The van der Waals surface area contributed by atoms with Crippen molar-refractivity contribution in [2.75, 3.05) is 9.80 Å². The Morgan fingerprint density at radius 2 is 1.17 bits per heavy atom. The van der Waals surface area contributed by atoms with Crippen LogP contribution in [0, 0.1) is 18.8 Å². The van der Waals surface area contributed by atoms with Crippen LogP contribution >= 0.6 is 0 Å². The maximum Gasteiger partial charge on any atom is 0.135 e. The third-order valence-corrected chi connectivity index (χ3v) is 15.1. The molecule has 0 spiro atoms. The molecule has 11 rings (SSSR count). The second-order valence-electron chi connectivity index (χ2n) is 22.1. The maximum absolute atomic E-state index is 6.82. The number of benzene rings is 8. The Morgan fingerprint density at radius 3 is 1.85 bits per heavy atom. The van der Waals surface area contributed by atoms with Crippen molar-refractivity contribution in [2.24, 2.45) is 0 Å². The first-order valence-corrected chi connectivity index (χ1v) is 25.9. The van der Waals surface area contributed by atoms with Crippen LogP contribution in [-0.4, -0.2) is 9.55 Å². The summed E-state index contributed by atoms with van der Waals surface area (Å²) in [5.74, 6) is 2.32. The zero-order valence-electron chi connectivity index (χ0n) is 44.3. The first kappa shape index (κ1) is 51.0.